The highest BCUT2D eigenvalue weighted by atomic mass is 35.5. The molecule has 1 heterocycles. The van der Waals surface area contributed by atoms with Crippen LogP contribution in [0.25, 0.3) is 0 Å². The molecule has 1 amide bonds. The SMILES string of the molecule is NC(=O)C1NCCc2ccc(Cl)cc21.O. The topological polar surface area (TPSA) is 86.6 Å². The highest BCUT2D eigenvalue weighted by Gasteiger charge is 2.23. The van der Waals surface area contributed by atoms with Crippen molar-refractivity contribution in [3.05, 3.63) is 34.3 Å². The van der Waals surface area contributed by atoms with Crippen LogP contribution in [-0.4, -0.2) is 17.9 Å². The molecule has 1 atom stereocenters. The molecule has 0 radical (unpaired) electrons. The number of nitrogens with one attached hydrogen (secondary N) is 1. The summed E-state index contributed by atoms with van der Waals surface area (Å²) >= 11 is 5.87. The van der Waals surface area contributed by atoms with Crippen LogP contribution in [0.5, 0.6) is 0 Å². The summed E-state index contributed by atoms with van der Waals surface area (Å²) in [6.45, 7) is 0.780. The molecule has 1 aromatic rings. The molecular formula is C10H13ClN2O2. The van der Waals surface area contributed by atoms with E-state index in [0.717, 1.165) is 24.1 Å². The van der Waals surface area contributed by atoms with Crippen molar-refractivity contribution in [1.82, 2.24) is 5.32 Å². The van der Waals surface area contributed by atoms with Gasteiger partial charge >= 0.3 is 0 Å². The zero-order chi connectivity index (χ0) is 10.1. The van der Waals surface area contributed by atoms with Crippen LogP contribution < -0.4 is 11.1 Å². The fourth-order valence-electron chi connectivity index (χ4n) is 1.78. The lowest BCUT2D eigenvalue weighted by molar-refractivity contribution is -0.120. The highest BCUT2D eigenvalue weighted by Crippen LogP contribution is 2.25. The number of nitrogens with two attached hydrogens (primary N) is 1. The normalized spacial score (nSPS) is 18.9. The molecule has 4 nitrogen and oxygen atoms in total. The molecule has 0 saturated carbocycles. The van der Waals surface area contributed by atoms with E-state index in [-0.39, 0.29) is 11.4 Å². The fraction of sp³-hybridized carbons (Fsp3) is 0.300. The molecule has 5 heteroatoms. The second-order valence-electron chi connectivity index (χ2n) is 3.38. The van der Waals surface area contributed by atoms with Gasteiger partial charge < -0.3 is 16.5 Å². The third-order valence-corrected chi connectivity index (χ3v) is 2.68. The standard InChI is InChI=1S/C10H11ClN2O.H2O/c11-7-2-1-6-3-4-13-9(10(12)14)8(6)5-7;/h1-2,5,9,13H,3-4H2,(H2,12,14);1H2. The molecule has 15 heavy (non-hydrogen) atoms. The molecule has 0 bridgehead atoms. The van der Waals surface area contributed by atoms with Gasteiger partial charge in [0.2, 0.25) is 5.91 Å². The number of primary amides is 1. The van der Waals surface area contributed by atoms with Crippen LogP contribution in [0.4, 0.5) is 0 Å². The molecule has 0 aliphatic carbocycles. The summed E-state index contributed by atoms with van der Waals surface area (Å²) in [7, 11) is 0. The van der Waals surface area contributed by atoms with Gasteiger partial charge in [-0.25, -0.2) is 0 Å². The van der Waals surface area contributed by atoms with E-state index >= 15 is 0 Å². The lowest BCUT2D eigenvalue weighted by Crippen LogP contribution is -2.38. The minimum atomic E-state index is -0.391. The first kappa shape index (κ1) is 12.0. The molecular weight excluding hydrogens is 216 g/mol. The summed E-state index contributed by atoms with van der Waals surface area (Å²) in [6.07, 6.45) is 0.913. The Morgan fingerprint density at radius 2 is 2.27 bits per heavy atom. The Hall–Kier alpha value is -1.10. The fourth-order valence-corrected chi connectivity index (χ4v) is 1.96. The van der Waals surface area contributed by atoms with Gasteiger partial charge in [0.25, 0.3) is 0 Å². The summed E-state index contributed by atoms with van der Waals surface area (Å²) in [4.78, 5) is 11.1. The third kappa shape index (κ3) is 2.28. The second kappa shape index (κ2) is 4.61. The van der Waals surface area contributed by atoms with Crippen LogP contribution in [0.15, 0.2) is 18.2 Å². The Bertz CT molecular complexity index is 382. The zero-order valence-corrected chi connectivity index (χ0v) is 8.84. The van der Waals surface area contributed by atoms with Gasteiger partial charge in [-0.2, -0.15) is 0 Å². The number of fused-ring (bicyclic) bond motifs is 1. The van der Waals surface area contributed by atoms with Gasteiger partial charge in [0, 0.05) is 11.6 Å². The number of hydrogen-bond donors (Lipinski definition) is 2. The van der Waals surface area contributed by atoms with Crippen molar-refractivity contribution < 1.29 is 10.3 Å². The van der Waals surface area contributed by atoms with Crippen molar-refractivity contribution in [1.29, 1.82) is 0 Å². The van der Waals surface area contributed by atoms with Crippen molar-refractivity contribution in [2.24, 2.45) is 5.73 Å². The van der Waals surface area contributed by atoms with Crippen LogP contribution >= 0.6 is 11.6 Å². The van der Waals surface area contributed by atoms with E-state index in [0.29, 0.717) is 5.02 Å². The van der Waals surface area contributed by atoms with E-state index in [1.54, 1.807) is 6.07 Å². The maximum absolute atomic E-state index is 11.1. The predicted molar refractivity (Wildman–Crippen MR) is 58.7 cm³/mol. The van der Waals surface area contributed by atoms with Crippen LogP contribution in [0.1, 0.15) is 17.2 Å². The minimum absolute atomic E-state index is 0. The Labute approximate surface area is 92.7 Å². The molecule has 1 unspecified atom stereocenters. The molecule has 82 valence electrons. The number of rotatable bonds is 1. The average Bonchev–Trinajstić information content (AvgIpc) is 2.16. The number of carbonyl (C=O) groups excluding carboxylic acids is 1. The molecule has 2 rings (SSSR count). The van der Waals surface area contributed by atoms with Gasteiger partial charge in [-0.1, -0.05) is 17.7 Å². The van der Waals surface area contributed by atoms with Crippen LogP contribution in [0.2, 0.25) is 5.02 Å². The number of carbonyl (C=O) groups is 1. The predicted octanol–water partition coefficient (Wildman–Crippen LogP) is 0.187. The molecule has 1 aliphatic rings. The Morgan fingerprint density at radius 1 is 1.53 bits per heavy atom. The summed E-state index contributed by atoms with van der Waals surface area (Å²) in [5.74, 6) is -0.354. The molecule has 5 N–H and O–H groups in total. The van der Waals surface area contributed by atoms with Gasteiger partial charge in [0.05, 0.1) is 0 Å². The number of benzene rings is 1. The average molecular weight is 229 g/mol. The number of amides is 1. The molecule has 0 saturated heterocycles. The number of hydrogen-bond acceptors (Lipinski definition) is 2. The summed E-state index contributed by atoms with van der Waals surface area (Å²) in [5.41, 5.74) is 7.35. The van der Waals surface area contributed by atoms with E-state index in [2.05, 4.69) is 5.32 Å². The molecule has 1 aliphatic heterocycles. The first-order valence-corrected chi connectivity index (χ1v) is 4.87. The molecule has 0 spiro atoms. The lowest BCUT2D eigenvalue weighted by Gasteiger charge is -2.24. The molecule has 0 fully saturated rings. The summed E-state index contributed by atoms with van der Waals surface area (Å²) in [6, 6.07) is 5.20. The van der Waals surface area contributed by atoms with Gasteiger partial charge in [-0.15, -0.1) is 0 Å². The maximum Gasteiger partial charge on any atom is 0.239 e. The summed E-state index contributed by atoms with van der Waals surface area (Å²) in [5, 5.41) is 3.71. The lowest BCUT2D eigenvalue weighted by atomic mass is 9.94. The zero-order valence-electron chi connectivity index (χ0n) is 8.09. The second-order valence-corrected chi connectivity index (χ2v) is 3.82. The van der Waals surface area contributed by atoms with E-state index in [1.807, 2.05) is 12.1 Å². The van der Waals surface area contributed by atoms with Gasteiger partial charge in [-0.3, -0.25) is 4.79 Å². The van der Waals surface area contributed by atoms with Gasteiger partial charge in [0.1, 0.15) is 6.04 Å². The number of halogens is 1. The molecule has 0 aromatic heterocycles. The van der Waals surface area contributed by atoms with E-state index in [4.69, 9.17) is 17.3 Å². The first-order valence-electron chi connectivity index (χ1n) is 4.49. The molecule has 1 aromatic carbocycles. The summed E-state index contributed by atoms with van der Waals surface area (Å²) < 4.78 is 0. The van der Waals surface area contributed by atoms with E-state index in [9.17, 15) is 4.79 Å². The smallest absolute Gasteiger partial charge is 0.239 e. The van der Waals surface area contributed by atoms with Crippen LogP contribution in [0, 0.1) is 0 Å². The van der Waals surface area contributed by atoms with Crippen LogP contribution in [-0.2, 0) is 11.2 Å². The van der Waals surface area contributed by atoms with Crippen molar-refractivity contribution in [2.45, 2.75) is 12.5 Å². The van der Waals surface area contributed by atoms with Gasteiger partial charge in [0.15, 0.2) is 0 Å². The van der Waals surface area contributed by atoms with E-state index < -0.39 is 6.04 Å². The Kier molecular flexibility index (Phi) is 3.68. The highest BCUT2D eigenvalue weighted by molar-refractivity contribution is 6.30. The quantitative estimate of drug-likeness (QED) is 0.719. The monoisotopic (exact) mass is 228 g/mol. The van der Waals surface area contributed by atoms with Crippen molar-refractivity contribution in [2.75, 3.05) is 6.54 Å². The van der Waals surface area contributed by atoms with Gasteiger partial charge in [-0.05, 0) is 29.7 Å². The van der Waals surface area contributed by atoms with Crippen molar-refractivity contribution >= 4 is 17.5 Å². The maximum atomic E-state index is 11.1. The largest absolute Gasteiger partial charge is 0.412 e. The van der Waals surface area contributed by atoms with Crippen molar-refractivity contribution in [3.63, 3.8) is 0 Å². The van der Waals surface area contributed by atoms with Crippen molar-refractivity contribution in [3.8, 4) is 0 Å². The van der Waals surface area contributed by atoms with E-state index in [1.165, 1.54) is 0 Å². The minimum Gasteiger partial charge on any atom is -0.412 e. The van der Waals surface area contributed by atoms with Crippen LogP contribution in [0.3, 0.4) is 0 Å². The first-order chi connectivity index (χ1) is 6.68. The third-order valence-electron chi connectivity index (χ3n) is 2.45. The Morgan fingerprint density at radius 3 is 2.93 bits per heavy atom. The Balaban J connectivity index is 0.00000112.